The molecule has 5 rings (SSSR count). The Morgan fingerprint density at radius 2 is 1.56 bits per heavy atom. The van der Waals surface area contributed by atoms with Crippen LogP contribution >= 0.6 is 11.8 Å². The molecule has 0 fully saturated rings. The molecule has 0 N–H and O–H groups in total. The molecule has 0 saturated carbocycles. The van der Waals surface area contributed by atoms with Crippen molar-refractivity contribution in [1.29, 1.82) is 0 Å². The standard InChI is InChI=1S/C30H28N2O3S/c1-4-34-26-14-10-9-13-24(26)28-27(29(33)35-5-2)20(3)31-30-32(28)25(19-36-30)23-17-15-22(16-18-23)21-11-7-6-8-12-21/h6-19,28H,4-5H2,1-3H3/t28-/m0/s1. The summed E-state index contributed by atoms with van der Waals surface area (Å²) in [6.07, 6.45) is 0. The Labute approximate surface area is 216 Å². The van der Waals surface area contributed by atoms with Crippen molar-refractivity contribution >= 4 is 28.6 Å². The van der Waals surface area contributed by atoms with Crippen LogP contribution in [-0.4, -0.2) is 29.3 Å². The van der Waals surface area contributed by atoms with Crippen LogP contribution in [0.15, 0.2) is 101 Å². The van der Waals surface area contributed by atoms with E-state index in [1.165, 1.54) is 5.56 Å². The van der Waals surface area contributed by atoms with Crippen LogP contribution in [0.25, 0.3) is 16.8 Å². The van der Waals surface area contributed by atoms with Gasteiger partial charge < -0.3 is 14.4 Å². The molecule has 0 aliphatic carbocycles. The summed E-state index contributed by atoms with van der Waals surface area (Å²) in [5.74, 6) is 0.390. The Kier molecular flexibility index (Phi) is 6.96. The molecular formula is C30H28N2O3S. The van der Waals surface area contributed by atoms with Crippen LogP contribution in [0.5, 0.6) is 5.75 Å². The van der Waals surface area contributed by atoms with Gasteiger partial charge in [0, 0.05) is 11.0 Å². The van der Waals surface area contributed by atoms with Gasteiger partial charge in [0.15, 0.2) is 5.17 Å². The molecular weight excluding hydrogens is 468 g/mol. The van der Waals surface area contributed by atoms with Gasteiger partial charge in [-0.1, -0.05) is 84.6 Å². The zero-order valence-corrected chi connectivity index (χ0v) is 21.4. The average Bonchev–Trinajstić information content (AvgIpc) is 3.32. The summed E-state index contributed by atoms with van der Waals surface area (Å²) >= 11 is 1.57. The number of thioether (sulfide) groups is 1. The zero-order valence-electron chi connectivity index (χ0n) is 20.6. The molecule has 36 heavy (non-hydrogen) atoms. The summed E-state index contributed by atoms with van der Waals surface area (Å²) in [6.45, 7) is 6.48. The number of ether oxygens (including phenoxy) is 2. The van der Waals surface area contributed by atoms with Gasteiger partial charge in [0.1, 0.15) is 5.75 Å². The van der Waals surface area contributed by atoms with E-state index in [4.69, 9.17) is 14.5 Å². The van der Waals surface area contributed by atoms with Gasteiger partial charge in [-0.15, -0.1) is 0 Å². The van der Waals surface area contributed by atoms with E-state index < -0.39 is 6.04 Å². The van der Waals surface area contributed by atoms with Crippen molar-refractivity contribution in [1.82, 2.24) is 4.90 Å². The minimum Gasteiger partial charge on any atom is -0.494 e. The van der Waals surface area contributed by atoms with Gasteiger partial charge in [0.05, 0.1) is 36.2 Å². The molecule has 2 aliphatic rings. The highest BCUT2D eigenvalue weighted by molar-refractivity contribution is 8.16. The molecule has 6 heteroatoms. The van der Waals surface area contributed by atoms with E-state index in [2.05, 4.69) is 46.7 Å². The van der Waals surface area contributed by atoms with Crippen LogP contribution in [0.1, 0.15) is 37.9 Å². The Bertz CT molecular complexity index is 1360. The molecule has 182 valence electrons. The fraction of sp³-hybridized carbons (Fsp3) is 0.200. The van der Waals surface area contributed by atoms with E-state index in [0.717, 1.165) is 33.3 Å². The molecule has 0 radical (unpaired) electrons. The van der Waals surface area contributed by atoms with Crippen LogP contribution < -0.4 is 4.74 Å². The lowest BCUT2D eigenvalue weighted by molar-refractivity contribution is -0.139. The fourth-order valence-corrected chi connectivity index (χ4v) is 5.59. The number of rotatable bonds is 7. The topological polar surface area (TPSA) is 51.1 Å². The Morgan fingerprint density at radius 3 is 2.28 bits per heavy atom. The molecule has 2 aliphatic heterocycles. The summed E-state index contributed by atoms with van der Waals surface area (Å²) < 4.78 is 11.5. The number of benzene rings is 3. The third kappa shape index (κ3) is 4.44. The first-order chi connectivity index (χ1) is 17.6. The summed E-state index contributed by atoms with van der Waals surface area (Å²) in [7, 11) is 0. The molecule has 0 bridgehead atoms. The third-order valence-corrected chi connectivity index (χ3v) is 7.06. The number of fused-ring (bicyclic) bond motifs is 1. The SMILES string of the molecule is CCOC(=O)C1=C(C)N=C2SC=C(c3ccc(-c4ccccc4)cc3)N2[C@H]1c1ccccc1OCC. The Hall–Kier alpha value is -3.77. The molecule has 2 heterocycles. The van der Waals surface area contributed by atoms with Gasteiger partial charge in [-0.25, -0.2) is 9.79 Å². The highest BCUT2D eigenvalue weighted by Gasteiger charge is 2.42. The minimum atomic E-state index is -0.422. The second kappa shape index (κ2) is 10.5. The third-order valence-electron chi connectivity index (χ3n) is 6.22. The van der Waals surface area contributed by atoms with Crippen molar-refractivity contribution in [2.45, 2.75) is 26.8 Å². The maximum Gasteiger partial charge on any atom is 0.338 e. The second-order valence-electron chi connectivity index (χ2n) is 8.42. The van der Waals surface area contributed by atoms with Crippen LogP contribution in [0.2, 0.25) is 0 Å². The maximum absolute atomic E-state index is 13.3. The lowest BCUT2D eigenvalue weighted by atomic mass is 9.92. The Morgan fingerprint density at radius 1 is 0.889 bits per heavy atom. The molecule has 0 unspecified atom stereocenters. The van der Waals surface area contributed by atoms with Crippen molar-refractivity contribution < 1.29 is 14.3 Å². The lowest BCUT2D eigenvalue weighted by Gasteiger charge is -2.37. The largest absolute Gasteiger partial charge is 0.494 e. The number of aliphatic imine (C=N–C) groups is 1. The number of allylic oxidation sites excluding steroid dienone is 1. The second-order valence-corrected chi connectivity index (χ2v) is 9.26. The smallest absolute Gasteiger partial charge is 0.338 e. The molecule has 0 amide bonds. The first-order valence-electron chi connectivity index (χ1n) is 12.1. The molecule has 1 atom stereocenters. The summed E-state index contributed by atoms with van der Waals surface area (Å²) in [4.78, 5) is 20.2. The summed E-state index contributed by atoms with van der Waals surface area (Å²) in [5.41, 5.74) is 6.46. The number of para-hydroxylation sites is 1. The molecule has 3 aromatic rings. The van der Waals surface area contributed by atoms with Crippen LogP contribution in [0, 0.1) is 0 Å². The number of amidine groups is 1. The number of hydrogen-bond donors (Lipinski definition) is 0. The van der Waals surface area contributed by atoms with E-state index in [-0.39, 0.29) is 5.97 Å². The van der Waals surface area contributed by atoms with Crippen molar-refractivity contribution in [2.24, 2.45) is 4.99 Å². The van der Waals surface area contributed by atoms with Gasteiger partial charge in [0.2, 0.25) is 0 Å². The van der Waals surface area contributed by atoms with E-state index >= 15 is 0 Å². The predicted molar refractivity (Wildman–Crippen MR) is 146 cm³/mol. The number of carbonyl (C=O) groups excluding carboxylic acids is 1. The monoisotopic (exact) mass is 496 g/mol. The quantitative estimate of drug-likeness (QED) is 0.328. The first kappa shape index (κ1) is 23.9. The molecule has 0 aromatic heterocycles. The van der Waals surface area contributed by atoms with Crippen LogP contribution in [0.4, 0.5) is 0 Å². The van der Waals surface area contributed by atoms with Gasteiger partial charge in [0.25, 0.3) is 0 Å². The normalized spacial score (nSPS) is 16.9. The van der Waals surface area contributed by atoms with Crippen molar-refractivity contribution in [3.8, 4) is 16.9 Å². The maximum atomic E-state index is 13.3. The van der Waals surface area contributed by atoms with Gasteiger partial charge >= 0.3 is 5.97 Å². The molecule has 0 spiro atoms. The van der Waals surface area contributed by atoms with Crippen LogP contribution in [-0.2, 0) is 9.53 Å². The lowest BCUT2D eigenvalue weighted by Crippen LogP contribution is -2.36. The fourth-order valence-electron chi connectivity index (χ4n) is 4.61. The van der Waals surface area contributed by atoms with E-state index in [1.54, 1.807) is 11.8 Å². The molecule has 5 nitrogen and oxygen atoms in total. The van der Waals surface area contributed by atoms with Crippen molar-refractivity contribution in [2.75, 3.05) is 13.2 Å². The van der Waals surface area contributed by atoms with Gasteiger partial charge in [-0.2, -0.15) is 0 Å². The highest BCUT2D eigenvalue weighted by atomic mass is 32.2. The first-order valence-corrected chi connectivity index (χ1v) is 13.0. The van der Waals surface area contributed by atoms with E-state index in [0.29, 0.717) is 24.5 Å². The van der Waals surface area contributed by atoms with E-state index in [9.17, 15) is 4.79 Å². The molecule has 0 saturated heterocycles. The van der Waals surface area contributed by atoms with Gasteiger partial charge in [-0.3, -0.25) is 0 Å². The Balaban J connectivity index is 1.60. The highest BCUT2D eigenvalue weighted by Crippen LogP contribution is 2.48. The molecule has 3 aromatic carbocycles. The number of carbonyl (C=O) groups is 1. The summed E-state index contributed by atoms with van der Waals surface area (Å²) in [5, 5.41) is 2.94. The zero-order chi connectivity index (χ0) is 25.1. The van der Waals surface area contributed by atoms with Crippen molar-refractivity contribution in [3.63, 3.8) is 0 Å². The summed E-state index contributed by atoms with van der Waals surface area (Å²) in [6, 6.07) is 26.3. The average molecular weight is 497 g/mol. The number of esters is 1. The van der Waals surface area contributed by atoms with E-state index in [1.807, 2.05) is 63.2 Å². The van der Waals surface area contributed by atoms with Crippen molar-refractivity contribution in [3.05, 3.63) is 107 Å². The predicted octanol–water partition coefficient (Wildman–Crippen LogP) is 7.05. The van der Waals surface area contributed by atoms with Crippen LogP contribution in [0.3, 0.4) is 0 Å². The van der Waals surface area contributed by atoms with Gasteiger partial charge in [-0.05, 0) is 43.5 Å². The number of hydrogen-bond acceptors (Lipinski definition) is 6. The minimum absolute atomic E-state index is 0.296. The number of nitrogens with zero attached hydrogens (tertiary/aromatic N) is 2.